The minimum Gasteiger partial charge on any atom is -0.377 e. The molecule has 2 N–H and O–H groups in total. The molecule has 0 aromatic heterocycles. The van der Waals surface area contributed by atoms with E-state index in [1.165, 1.54) is 0 Å². The molecule has 0 atom stereocenters. The molecule has 2 rings (SSSR count). The van der Waals surface area contributed by atoms with Crippen LogP contribution in [0.2, 0.25) is 5.02 Å². The lowest BCUT2D eigenvalue weighted by Gasteiger charge is -2.08. The van der Waals surface area contributed by atoms with Crippen molar-refractivity contribution < 1.29 is 14.3 Å². The maximum absolute atomic E-state index is 11.9. The predicted molar refractivity (Wildman–Crippen MR) is 97.4 cm³/mol. The van der Waals surface area contributed by atoms with Crippen molar-refractivity contribution in [2.45, 2.75) is 20.1 Å². The van der Waals surface area contributed by atoms with Crippen LogP contribution in [0.4, 0.5) is 0 Å². The number of carbonyl (C=O) groups is 2. The Morgan fingerprint density at radius 3 is 2.44 bits per heavy atom. The summed E-state index contributed by atoms with van der Waals surface area (Å²) in [4.78, 5) is 23.8. The highest BCUT2D eigenvalue weighted by Crippen LogP contribution is 2.10. The molecule has 0 aliphatic rings. The van der Waals surface area contributed by atoms with Gasteiger partial charge >= 0.3 is 0 Å². The van der Waals surface area contributed by atoms with Crippen molar-refractivity contribution in [3.8, 4) is 0 Å². The Balaban J connectivity index is 1.74. The average Bonchev–Trinajstić information content (AvgIpc) is 2.63. The Morgan fingerprint density at radius 1 is 1.04 bits per heavy atom. The van der Waals surface area contributed by atoms with Crippen molar-refractivity contribution >= 4 is 23.4 Å². The van der Waals surface area contributed by atoms with Crippen LogP contribution in [0.3, 0.4) is 0 Å². The summed E-state index contributed by atoms with van der Waals surface area (Å²) in [7, 11) is 0. The SMILES string of the molecule is CCOCc1ccc(CNC(=O)CNC(=O)c2cccc(Cl)c2)cc1. The zero-order valence-corrected chi connectivity index (χ0v) is 14.8. The maximum Gasteiger partial charge on any atom is 0.251 e. The van der Waals surface area contributed by atoms with Crippen molar-refractivity contribution in [2.24, 2.45) is 0 Å². The van der Waals surface area contributed by atoms with Gasteiger partial charge in [0.15, 0.2) is 0 Å². The van der Waals surface area contributed by atoms with Crippen LogP contribution < -0.4 is 10.6 Å². The maximum atomic E-state index is 11.9. The van der Waals surface area contributed by atoms with E-state index in [0.717, 1.165) is 11.1 Å². The summed E-state index contributed by atoms with van der Waals surface area (Å²) < 4.78 is 5.34. The summed E-state index contributed by atoms with van der Waals surface area (Å²) in [5.74, 6) is -0.591. The van der Waals surface area contributed by atoms with E-state index in [4.69, 9.17) is 16.3 Å². The quantitative estimate of drug-likeness (QED) is 0.760. The van der Waals surface area contributed by atoms with E-state index in [1.807, 2.05) is 31.2 Å². The largest absolute Gasteiger partial charge is 0.377 e. The van der Waals surface area contributed by atoms with Gasteiger partial charge in [-0.1, -0.05) is 41.9 Å². The molecule has 0 aliphatic heterocycles. The van der Waals surface area contributed by atoms with E-state index in [2.05, 4.69) is 10.6 Å². The number of amides is 2. The monoisotopic (exact) mass is 360 g/mol. The summed E-state index contributed by atoms with van der Waals surface area (Å²) in [6.45, 7) is 3.53. The summed E-state index contributed by atoms with van der Waals surface area (Å²) in [5, 5.41) is 5.81. The van der Waals surface area contributed by atoms with Crippen LogP contribution in [0, 0.1) is 0 Å². The molecule has 0 unspecified atom stereocenters. The first-order chi connectivity index (χ1) is 12.1. The lowest BCUT2D eigenvalue weighted by atomic mass is 10.1. The normalized spacial score (nSPS) is 10.3. The average molecular weight is 361 g/mol. The fourth-order valence-corrected chi connectivity index (χ4v) is 2.32. The fourth-order valence-electron chi connectivity index (χ4n) is 2.13. The summed E-state index contributed by atoms with van der Waals surface area (Å²) in [6, 6.07) is 14.4. The van der Waals surface area contributed by atoms with Crippen molar-refractivity contribution in [2.75, 3.05) is 13.2 Å². The Hall–Kier alpha value is -2.37. The number of nitrogens with one attached hydrogen (secondary N) is 2. The summed E-state index contributed by atoms with van der Waals surface area (Å²) >= 11 is 5.84. The fraction of sp³-hybridized carbons (Fsp3) is 0.263. The molecule has 0 heterocycles. The third-order valence-corrected chi connectivity index (χ3v) is 3.72. The standard InChI is InChI=1S/C19H21ClN2O3/c1-2-25-13-15-8-6-14(7-9-15)11-21-18(23)12-22-19(24)16-4-3-5-17(20)10-16/h3-10H,2,11-13H2,1H3,(H,21,23)(H,22,24). The predicted octanol–water partition coefficient (Wildman–Crippen LogP) is 2.92. The molecule has 0 fully saturated rings. The number of hydrogen-bond acceptors (Lipinski definition) is 3. The second-order valence-electron chi connectivity index (χ2n) is 5.42. The van der Waals surface area contributed by atoms with Gasteiger partial charge in [0.25, 0.3) is 5.91 Å². The van der Waals surface area contributed by atoms with Gasteiger partial charge in [0.1, 0.15) is 0 Å². The molecular weight excluding hydrogens is 340 g/mol. The molecule has 2 aromatic rings. The van der Waals surface area contributed by atoms with Crippen molar-refractivity contribution in [3.05, 3.63) is 70.2 Å². The van der Waals surface area contributed by atoms with E-state index >= 15 is 0 Å². The molecule has 6 heteroatoms. The Kier molecular flexibility index (Phi) is 7.44. The Morgan fingerprint density at radius 2 is 1.76 bits per heavy atom. The van der Waals surface area contributed by atoms with Crippen LogP contribution in [0.15, 0.2) is 48.5 Å². The van der Waals surface area contributed by atoms with Gasteiger partial charge in [-0.05, 0) is 36.2 Å². The second-order valence-corrected chi connectivity index (χ2v) is 5.86. The Labute approximate surface area is 152 Å². The van der Waals surface area contributed by atoms with E-state index in [1.54, 1.807) is 24.3 Å². The van der Waals surface area contributed by atoms with E-state index in [9.17, 15) is 9.59 Å². The zero-order valence-electron chi connectivity index (χ0n) is 14.0. The number of halogens is 1. The van der Waals surface area contributed by atoms with Gasteiger partial charge in [-0.25, -0.2) is 0 Å². The van der Waals surface area contributed by atoms with Crippen LogP contribution in [0.1, 0.15) is 28.4 Å². The lowest BCUT2D eigenvalue weighted by Crippen LogP contribution is -2.36. The first kappa shape index (κ1) is 19.0. The minimum absolute atomic E-state index is 0.0895. The van der Waals surface area contributed by atoms with Crippen molar-refractivity contribution in [3.63, 3.8) is 0 Å². The van der Waals surface area contributed by atoms with Gasteiger partial charge in [0.2, 0.25) is 5.91 Å². The lowest BCUT2D eigenvalue weighted by molar-refractivity contribution is -0.120. The molecule has 132 valence electrons. The number of benzene rings is 2. The smallest absolute Gasteiger partial charge is 0.251 e. The molecule has 0 bridgehead atoms. The molecule has 0 saturated heterocycles. The molecule has 2 aromatic carbocycles. The Bertz CT molecular complexity index is 717. The highest BCUT2D eigenvalue weighted by atomic mass is 35.5. The van der Waals surface area contributed by atoms with Gasteiger partial charge in [-0.15, -0.1) is 0 Å². The highest BCUT2D eigenvalue weighted by Gasteiger charge is 2.08. The molecule has 0 saturated carbocycles. The van der Waals surface area contributed by atoms with Gasteiger partial charge in [0.05, 0.1) is 13.2 Å². The first-order valence-electron chi connectivity index (χ1n) is 8.04. The van der Waals surface area contributed by atoms with Crippen LogP contribution in [0.5, 0.6) is 0 Å². The molecule has 25 heavy (non-hydrogen) atoms. The van der Waals surface area contributed by atoms with Gasteiger partial charge in [-0.3, -0.25) is 9.59 Å². The van der Waals surface area contributed by atoms with Crippen molar-refractivity contribution in [1.29, 1.82) is 0 Å². The molecule has 0 radical (unpaired) electrons. The highest BCUT2D eigenvalue weighted by molar-refractivity contribution is 6.30. The third-order valence-electron chi connectivity index (χ3n) is 3.48. The second kappa shape index (κ2) is 9.81. The van der Waals surface area contributed by atoms with Crippen LogP contribution in [-0.4, -0.2) is 25.0 Å². The van der Waals surface area contributed by atoms with Crippen LogP contribution in [0.25, 0.3) is 0 Å². The van der Waals surface area contributed by atoms with E-state index in [-0.39, 0.29) is 18.4 Å². The number of rotatable bonds is 8. The molecular formula is C19H21ClN2O3. The van der Waals surface area contributed by atoms with Gasteiger partial charge in [0, 0.05) is 23.7 Å². The number of carbonyl (C=O) groups excluding carboxylic acids is 2. The minimum atomic E-state index is -0.335. The van der Waals surface area contributed by atoms with Gasteiger partial charge < -0.3 is 15.4 Å². The zero-order chi connectivity index (χ0) is 18.1. The first-order valence-corrected chi connectivity index (χ1v) is 8.42. The summed E-state index contributed by atoms with van der Waals surface area (Å²) in [6.07, 6.45) is 0. The number of ether oxygens (including phenoxy) is 1. The van der Waals surface area contributed by atoms with E-state index in [0.29, 0.717) is 30.3 Å². The summed E-state index contributed by atoms with van der Waals surface area (Å²) in [5.41, 5.74) is 2.49. The van der Waals surface area contributed by atoms with E-state index < -0.39 is 0 Å². The molecule has 2 amide bonds. The van der Waals surface area contributed by atoms with Crippen LogP contribution in [-0.2, 0) is 22.7 Å². The third kappa shape index (κ3) is 6.57. The van der Waals surface area contributed by atoms with Gasteiger partial charge in [-0.2, -0.15) is 0 Å². The van der Waals surface area contributed by atoms with Crippen molar-refractivity contribution in [1.82, 2.24) is 10.6 Å². The van der Waals surface area contributed by atoms with Crippen LogP contribution >= 0.6 is 11.6 Å². The molecule has 0 aliphatic carbocycles. The number of hydrogen-bond donors (Lipinski definition) is 2. The topological polar surface area (TPSA) is 67.4 Å². The molecule has 0 spiro atoms. The molecule has 5 nitrogen and oxygen atoms in total.